The number of nitrogens with one attached hydrogen (secondary N) is 2. The van der Waals surface area contributed by atoms with Crippen LogP contribution in [0.1, 0.15) is 21.5 Å². The van der Waals surface area contributed by atoms with E-state index in [0.717, 1.165) is 16.6 Å². The minimum Gasteiger partial charge on any atom is -0.436 e. The Hall–Kier alpha value is -3.82. The van der Waals surface area contributed by atoms with Gasteiger partial charge < -0.3 is 9.73 Å². The Morgan fingerprint density at radius 2 is 1.79 bits per heavy atom. The van der Waals surface area contributed by atoms with Crippen molar-refractivity contribution < 1.29 is 14.1 Å². The summed E-state index contributed by atoms with van der Waals surface area (Å²) >= 11 is 11.6. The average Bonchev–Trinajstić information content (AvgIpc) is 3.17. The second-order valence-corrected chi connectivity index (χ2v) is 8.15. The molecule has 8 nitrogen and oxygen atoms in total. The molecule has 4 aromatic rings. The molecular formula is C23H17ClN4O4S. The van der Waals surface area contributed by atoms with Gasteiger partial charge in [-0.2, -0.15) is 0 Å². The van der Waals surface area contributed by atoms with Crippen molar-refractivity contribution in [3.8, 4) is 11.5 Å². The number of nitro benzene ring substituents is 1. The standard InChI is InChI=1S/C23H17ClN4O4S/c1-12-9-19-20(10-13(12)2)32-22(26-19)17-11-15(5-8-18(17)24)25-23(33)27-21(29)14-3-6-16(7-4-14)28(30)31/h3-11H,1-2H3,(H2,25,27,29,33). The zero-order valence-corrected chi connectivity index (χ0v) is 19.1. The third kappa shape index (κ3) is 4.84. The first-order valence-corrected chi connectivity index (χ1v) is 10.5. The van der Waals surface area contributed by atoms with Crippen molar-refractivity contribution in [3.63, 3.8) is 0 Å². The van der Waals surface area contributed by atoms with Gasteiger partial charge in [0.25, 0.3) is 11.6 Å². The fourth-order valence-corrected chi connectivity index (χ4v) is 3.54. The molecule has 10 heteroatoms. The quantitative estimate of drug-likeness (QED) is 0.216. The van der Waals surface area contributed by atoms with Crippen LogP contribution in [0.3, 0.4) is 0 Å². The van der Waals surface area contributed by atoms with Gasteiger partial charge in [-0.05, 0) is 79.7 Å². The van der Waals surface area contributed by atoms with Crippen LogP contribution in [0.2, 0.25) is 5.02 Å². The van der Waals surface area contributed by atoms with Gasteiger partial charge >= 0.3 is 0 Å². The van der Waals surface area contributed by atoms with E-state index in [-0.39, 0.29) is 16.4 Å². The molecule has 0 fully saturated rings. The number of benzene rings is 3. The molecule has 0 saturated heterocycles. The van der Waals surface area contributed by atoms with Crippen LogP contribution in [-0.4, -0.2) is 20.9 Å². The Morgan fingerprint density at radius 3 is 2.48 bits per heavy atom. The summed E-state index contributed by atoms with van der Waals surface area (Å²) in [6.07, 6.45) is 0. The molecular weight excluding hydrogens is 464 g/mol. The van der Waals surface area contributed by atoms with Crippen LogP contribution in [0.25, 0.3) is 22.6 Å². The summed E-state index contributed by atoms with van der Waals surface area (Å²) in [4.78, 5) is 27.1. The lowest BCUT2D eigenvalue weighted by molar-refractivity contribution is -0.384. The molecule has 166 valence electrons. The highest BCUT2D eigenvalue weighted by Crippen LogP contribution is 2.33. The highest BCUT2D eigenvalue weighted by atomic mass is 35.5. The van der Waals surface area contributed by atoms with Gasteiger partial charge in [-0.1, -0.05) is 11.6 Å². The van der Waals surface area contributed by atoms with E-state index < -0.39 is 10.8 Å². The number of carbonyl (C=O) groups excluding carboxylic acids is 1. The van der Waals surface area contributed by atoms with Crippen molar-refractivity contribution in [1.29, 1.82) is 0 Å². The summed E-state index contributed by atoms with van der Waals surface area (Å²) in [5.74, 6) is -0.134. The summed E-state index contributed by atoms with van der Waals surface area (Å²) in [6.45, 7) is 4.01. The number of amides is 1. The van der Waals surface area contributed by atoms with E-state index in [0.29, 0.717) is 27.7 Å². The van der Waals surface area contributed by atoms with E-state index in [9.17, 15) is 14.9 Å². The van der Waals surface area contributed by atoms with Gasteiger partial charge in [-0.15, -0.1) is 0 Å². The van der Waals surface area contributed by atoms with Crippen LogP contribution in [0.4, 0.5) is 11.4 Å². The normalized spacial score (nSPS) is 10.8. The maximum atomic E-state index is 12.4. The molecule has 0 radical (unpaired) electrons. The van der Waals surface area contributed by atoms with Crippen LogP contribution in [0.15, 0.2) is 59.0 Å². The van der Waals surface area contributed by atoms with Crippen LogP contribution >= 0.6 is 23.8 Å². The Kier molecular flexibility index (Phi) is 6.08. The lowest BCUT2D eigenvalue weighted by atomic mass is 10.1. The third-order valence-electron chi connectivity index (χ3n) is 5.03. The maximum absolute atomic E-state index is 12.4. The van der Waals surface area contributed by atoms with Gasteiger partial charge in [0, 0.05) is 23.4 Å². The summed E-state index contributed by atoms with van der Waals surface area (Å²) in [6, 6.07) is 14.2. The minimum absolute atomic E-state index is 0.0513. The number of aryl methyl sites for hydroxylation is 2. The molecule has 2 N–H and O–H groups in total. The lowest BCUT2D eigenvalue weighted by Gasteiger charge is -2.11. The number of rotatable bonds is 4. The molecule has 0 unspecified atom stereocenters. The third-order valence-corrected chi connectivity index (χ3v) is 5.56. The number of hydrogen-bond donors (Lipinski definition) is 2. The number of nitrogens with zero attached hydrogens (tertiary/aromatic N) is 2. The first-order valence-electron chi connectivity index (χ1n) is 9.76. The fourth-order valence-electron chi connectivity index (χ4n) is 3.13. The Bertz CT molecular complexity index is 1380. The van der Waals surface area contributed by atoms with E-state index in [1.165, 1.54) is 24.3 Å². The van der Waals surface area contributed by atoms with Crippen molar-refractivity contribution in [2.45, 2.75) is 13.8 Å². The number of hydrogen-bond acceptors (Lipinski definition) is 6. The summed E-state index contributed by atoms with van der Waals surface area (Å²) in [5.41, 5.74) is 4.86. The maximum Gasteiger partial charge on any atom is 0.269 e. The van der Waals surface area contributed by atoms with Crippen molar-refractivity contribution >= 4 is 57.3 Å². The summed E-state index contributed by atoms with van der Waals surface area (Å²) in [7, 11) is 0. The molecule has 1 amide bonds. The molecule has 33 heavy (non-hydrogen) atoms. The van der Waals surface area contributed by atoms with Crippen molar-refractivity contribution in [3.05, 3.63) is 86.4 Å². The van der Waals surface area contributed by atoms with Gasteiger partial charge in [0.05, 0.1) is 15.5 Å². The van der Waals surface area contributed by atoms with Gasteiger partial charge in [-0.3, -0.25) is 20.2 Å². The Balaban J connectivity index is 1.51. The van der Waals surface area contributed by atoms with Crippen molar-refractivity contribution in [2.24, 2.45) is 0 Å². The number of fused-ring (bicyclic) bond motifs is 1. The molecule has 0 saturated carbocycles. The number of anilines is 1. The average molecular weight is 481 g/mol. The minimum atomic E-state index is -0.537. The summed E-state index contributed by atoms with van der Waals surface area (Å²) < 4.78 is 5.91. The van der Waals surface area contributed by atoms with Gasteiger partial charge in [0.15, 0.2) is 10.7 Å². The zero-order valence-electron chi connectivity index (χ0n) is 17.5. The van der Waals surface area contributed by atoms with E-state index in [1.54, 1.807) is 18.2 Å². The fraction of sp³-hybridized carbons (Fsp3) is 0.0870. The number of aromatic nitrogens is 1. The van der Waals surface area contributed by atoms with Gasteiger partial charge in [-0.25, -0.2) is 4.98 Å². The molecule has 1 heterocycles. The highest BCUT2D eigenvalue weighted by Gasteiger charge is 2.15. The monoisotopic (exact) mass is 480 g/mol. The molecule has 0 aliphatic rings. The second kappa shape index (κ2) is 8.97. The molecule has 4 rings (SSSR count). The SMILES string of the molecule is Cc1cc2nc(-c3cc(NC(=S)NC(=O)c4ccc([N+](=O)[O-])cc4)ccc3Cl)oc2cc1C. The molecule has 0 bridgehead atoms. The largest absolute Gasteiger partial charge is 0.436 e. The number of halogens is 1. The number of carbonyl (C=O) groups is 1. The second-order valence-electron chi connectivity index (χ2n) is 7.33. The van der Waals surface area contributed by atoms with E-state index in [4.69, 9.17) is 28.2 Å². The van der Waals surface area contributed by atoms with Crippen molar-refractivity contribution in [2.75, 3.05) is 5.32 Å². The number of oxazole rings is 1. The van der Waals surface area contributed by atoms with Gasteiger partial charge in [0.1, 0.15) is 5.52 Å². The van der Waals surface area contributed by atoms with Crippen LogP contribution in [0, 0.1) is 24.0 Å². The summed E-state index contributed by atoms with van der Waals surface area (Å²) in [5, 5.41) is 16.7. The van der Waals surface area contributed by atoms with E-state index in [1.807, 2.05) is 26.0 Å². The van der Waals surface area contributed by atoms with Crippen molar-refractivity contribution in [1.82, 2.24) is 10.3 Å². The predicted octanol–water partition coefficient (Wildman–Crippen LogP) is 5.80. The van der Waals surface area contributed by atoms with Crippen LogP contribution in [0.5, 0.6) is 0 Å². The molecule has 0 aliphatic carbocycles. The zero-order chi connectivity index (χ0) is 23.7. The Morgan fingerprint density at radius 1 is 1.09 bits per heavy atom. The topological polar surface area (TPSA) is 110 Å². The molecule has 1 aromatic heterocycles. The highest BCUT2D eigenvalue weighted by molar-refractivity contribution is 7.80. The number of thiocarbonyl (C=S) groups is 1. The smallest absolute Gasteiger partial charge is 0.269 e. The molecule has 0 aliphatic heterocycles. The number of nitro groups is 1. The lowest BCUT2D eigenvalue weighted by Crippen LogP contribution is -2.34. The number of non-ortho nitro benzene ring substituents is 1. The molecule has 0 spiro atoms. The van der Waals surface area contributed by atoms with Crippen LogP contribution < -0.4 is 10.6 Å². The first kappa shape index (κ1) is 22.4. The van der Waals surface area contributed by atoms with E-state index >= 15 is 0 Å². The van der Waals surface area contributed by atoms with Gasteiger partial charge in [0.2, 0.25) is 5.89 Å². The first-order chi connectivity index (χ1) is 15.7. The van der Waals surface area contributed by atoms with E-state index in [2.05, 4.69) is 15.6 Å². The molecule has 3 aromatic carbocycles. The molecule has 0 atom stereocenters. The predicted molar refractivity (Wildman–Crippen MR) is 131 cm³/mol. The van der Waals surface area contributed by atoms with Crippen LogP contribution in [-0.2, 0) is 0 Å². The Labute approximate surface area is 198 Å².